The molecular formula is C27H24N6O3. The van der Waals surface area contributed by atoms with Crippen LogP contribution in [0.15, 0.2) is 88.1 Å². The monoisotopic (exact) mass is 480 g/mol. The molecule has 1 atom stereocenters. The minimum atomic E-state index is -0.590. The van der Waals surface area contributed by atoms with Crippen molar-refractivity contribution in [2.45, 2.75) is 25.2 Å². The highest BCUT2D eigenvalue weighted by atomic mass is 16.5. The van der Waals surface area contributed by atoms with Crippen molar-refractivity contribution in [1.82, 2.24) is 15.2 Å². The Balaban J connectivity index is 1.65. The van der Waals surface area contributed by atoms with Gasteiger partial charge in [0.25, 0.3) is 5.56 Å². The fraction of sp³-hybridized carbons (Fsp3) is 0.185. The molecule has 5 rings (SSSR count). The van der Waals surface area contributed by atoms with Crippen molar-refractivity contribution in [3.8, 4) is 23.1 Å². The molecule has 1 aliphatic carbocycles. The lowest BCUT2D eigenvalue weighted by Crippen LogP contribution is -2.42. The number of benzene rings is 2. The summed E-state index contributed by atoms with van der Waals surface area (Å²) in [7, 11) is 1.58. The molecule has 2 aliphatic rings. The number of hydrazine groups is 1. The number of Topliss-reactive ketones (excluding diaryl/α,β-unsaturated/α-hetero) is 1. The van der Waals surface area contributed by atoms with Gasteiger partial charge in [0.15, 0.2) is 5.78 Å². The van der Waals surface area contributed by atoms with E-state index in [-0.39, 0.29) is 17.2 Å². The summed E-state index contributed by atoms with van der Waals surface area (Å²) in [6.07, 6.45) is 1.62. The summed E-state index contributed by atoms with van der Waals surface area (Å²) in [6, 6.07) is 20.3. The fourth-order valence-electron chi connectivity index (χ4n) is 4.77. The number of ketones is 1. The Morgan fingerprint density at radius 3 is 2.58 bits per heavy atom. The second-order valence-electron chi connectivity index (χ2n) is 8.56. The predicted octanol–water partition coefficient (Wildman–Crippen LogP) is 3.57. The summed E-state index contributed by atoms with van der Waals surface area (Å²) in [5, 5.41) is 18.4. The molecular weight excluding hydrogens is 456 g/mol. The Kier molecular flexibility index (Phi) is 6.00. The van der Waals surface area contributed by atoms with Crippen LogP contribution in [0, 0.1) is 11.3 Å². The third-order valence-electron chi connectivity index (χ3n) is 6.45. The number of rotatable bonds is 5. The summed E-state index contributed by atoms with van der Waals surface area (Å²) in [5.41, 5.74) is 13.3. The first kappa shape index (κ1) is 22.9. The lowest BCUT2D eigenvalue weighted by Gasteiger charge is -2.40. The average molecular weight is 481 g/mol. The number of carbonyl (C=O) groups excluding carboxylic acids is 1. The lowest BCUT2D eigenvalue weighted by molar-refractivity contribution is -0.116. The smallest absolute Gasteiger partial charge is 0.266 e. The van der Waals surface area contributed by atoms with Crippen molar-refractivity contribution < 1.29 is 9.53 Å². The number of nitrogens with zero attached hydrogens (tertiary/aromatic N) is 3. The second kappa shape index (κ2) is 9.43. The highest BCUT2D eigenvalue weighted by Gasteiger charge is 2.40. The molecule has 3 aromatic rings. The molecule has 0 unspecified atom stereocenters. The molecule has 0 saturated carbocycles. The molecule has 0 amide bonds. The van der Waals surface area contributed by atoms with Crippen LogP contribution in [0.5, 0.6) is 5.75 Å². The van der Waals surface area contributed by atoms with Crippen LogP contribution in [0.4, 0.5) is 5.69 Å². The van der Waals surface area contributed by atoms with Crippen LogP contribution in [-0.2, 0) is 4.79 Å². The third-order valence-corrected chi connectivity index (χ3v) is 6.45. The summed E-state index contributed by atoms with van der Waals surface area (Å²) in [4.78, 5) is 25.5. The van der Waals surface area contributed by atoms with Crippen molar-refractivity contribution in [2.24, 2.45) is 5.73 Å². The Labute approximate surface area is 207 Å². The molecule has 9 nitrogen and oxygen atoms in total. The van der Waals surface area contributed by atoms with Gasteiger partial charge in [-0.1, -0.05) is 42.5 Å². The molecule has 4 N–H and O–H groups in total. The van der Waals surface area contributed by atoms with Gasteiger partial charge in [0.1, 0.15) is 17.3 Å². The maximum atomic E-state index is 13.3. The largest absolute Gasteiger partial charge is 0.497 e. The first-order valence-corrected chi connectivity index (χ1v) is 11.5. The first-order chi connectivity index (χ1) is 17.5. The van der Waals surface area contributed by atoms with E-state index in [9.17, 15) is 14.9 Å². The number of nitriles is 1. The molecule has 0 bridgehead atoms. The fourth-order valence-corrected chi connectivity index (χ4v) is 4.77. The Morgan fingerprint density at radius 1 is 1.14 bits per heavy atom. The van der Waals surface area contributed by atoms with E-state index in [1.807, 2.05) is 42.5 Å². The minimum Gasteiger partial charge on any atom is -0.497 e. The number of aromatic nitrogens is 2. The van der Waals surface area contributed by atoms with Crippen molar-refractivity contribution in [1.29, 1.82) is 5.26 Å². The number of hydrogen-bond donors (Lipinski definition) is 3. The number of methoxy groups -OCH3 is 1. The van der Waals surface area contributed by atoms with Crippen molar-refractivity contribution in [2.75, 3.05) is 12.5 Å². The van der Waals surface area contributed by atoms with Gasteiger partial charge < -0.3 is 10.5 Å². The SMILES string of the molecule is COc1ccc([C@H]2C(C#N)=C(N)N(Nc3cc(=O)[nH]nc3-c3ccccc3)C3=C2C(=O)CCC3)cc1. The van der Waals surface area contributed by atoms with Gasteiger partial charge in [0.2, 0.25) is 0 Å². The summed E-state index contributed by atoms with van der Waals surface area (Å²) >= 11 is 0. The third kappa shape index (κ3) is 3.99. The van der Waals surface area contributed by atoms with E-state index in [1.54, 1.807) is 24.3 Å². The van der Waals surface area contributed by atoms with Crippen LogP contribution in [0.25, 0.3) is 11.3 Å². The maximum Gasteiger partial charge on any atom is 0.266 e. The van der Waals surface area contributed by atoms with Gasteiger partial charge in [-0.15, -0.1) is 0 Å². The number of ether oxygens (including phenoxy) is 1. The summed E-state index contributed by atoms with van der Waals surface area (Å²) < 4.78 is 5.27. The van der Waals surface area contributed by atoms with E-state index >= 15 is 0 Å². The molecule has 0 radical (unpaired) electrons. The van der Waals surface area contributed by atoms with Crippen LogP contribution in [0.3, 0.4) is 0 Å². The van der Waals surface area contributed by atoms with Crippen LogP contribution in [0.1, 0.15) is 30.7 Å². The molecule has 1 aliphatic heterocycles. The Morgan fingerprint density at radius 2 is 1.89 bits per heavy atom. The average Bonchev–Trinajstić information content (AvgIpc) is 2.91. The van der Waals surface area contributed by atoms with Gasteiger partial charge >= 0.3 is 0 Å². The van der Waals surface area contributed by atoms with E-state index in [4.69, 9.17) is 10.5 Å². The molecule has 180 valence electrons. The molecule has 2 heterocycles. The summed E-state index contributed by atoms with van der Waals surface area (Å²) in [6.45, 7) is 0. The summed E-state index contributed by atoms with van der Waals surface area (Å²) in [5.74, 6) is 0.225. The van der Waals surface area contributed by atoms with Gasteiger partial charge in [-0.3, -0.25) is 15.0 Å². The van der Waals surface area contributed by atoms with Gasteiger partial charge in [-0.2, -0.15) is 10.4 Å². The minimum absolute atomic E-state index is 0.0311. The Hall–Kier alpha value is -4.84. The topological polar surface area (TPSA) is 137 Å². The number of anilines is 1. The molecule has 9 heteroatoms. The highest BCUT2D eigenvalue weighted by molar-refractivity contribution is 6.00. The maximum absolute atomic E-state index is 13.3. The number of carbonyl (C=O) groups is 1. The number of hydrogen-bond acceptors (Lipinski definition) is 8. The molecule has 0 spiro atoms. The zero-order chi connectivity index (χ0) is 25.2. The van der Waals surface area contributed by atoms with Crippen LogP contribution in [-0.4, -0.2) is 28.1 Å². The molecule has 2 aromatic carbocycles. The van der Waals surface area contributed by atoms with E-state index in [2.05, 4.69) is 21.7 Å². The quantitative estimate of drug-likeness (QED) is 0.504. The van der Waals surface area contributed by atoms with Crippen molar-refractivity contribution >= 4 is 11.5 Å². The zero-order valence-corrected chi connectivity index (χ0v) is 19.6. The van der Waals surface area contributed by atoms with Gasteiger partial charge in [0, 0.05) is 29.3 Å². The first-order valence-electron chi connectivity index (χ1n) is 11.5. The molecule has 1 aromatic heterocycles. The lowest BCUT2D eigenvalue weighted by atomic mass is 9.76. The van der Waals surface area contributed by atoms with Crippen LogP contribution >= 0.6 is 0 Å². The van der Waals surface area contributed by atoms with Gasteiger partial charge in [-0.25, -0.2) is 10.1 Å². The van der Waals surface area contributed by atoms with Crippen LogP contribution in [0.2, 0.25) is 0 Å². The van der Waals surface area contributed by atoms with Gasteiger partial charge in [-0.05, 0) is 30.5 Å². The number of allylic oxidation sites excluding steroid dienone is 3. The number of nitrogens with one attached hydrogen (secondary N) is 2. The molecule has 0 saturated heterocycles. The van der Waals surface area contributed by atoms with Crippen molar-refractivity contribution in [3.05, 3.63) is 99.2 Å². The highest BCUT2D eigenvalue weighted by Crippen LogP contribution is 2.45. The van der Waals surface area contributed by atoms with Crippen LogP contribution < -0.4 is 21.5 Å². The Bertz CT molecular complexity index is 1480. The molecule has 36 heavy (non-hydrogen) atoms. The zero-order valence-electron chi connectivity index (χ0n) is 19.6. The number of H-pyrrole nitrogens is 1. The van der Waals surface area contributed by atoms with Crippen molar-refractivity contribution in [3.63, 3.8) is 0 Å². The van der Waals surface area contributed by atoms with E-state index in [0.717, 1.165) is 11.1 Å². The standard InChI is InChI=1S/C27H24N6O3/c1-36-18-12-10-16(11-13-18)24-19(15-28)27(29)33(21-8-5-9-22(34)25(21)24)32-20-14-23(35)30-31-26(20)17-6-3-2-4-7-17/h2-4,6-7,10-14,24H,5,8-9,29H2,1H3,(H2,30,32,35)/t24-/m0/s1. The van der Waals surface area contributed by atoms with E-state index in [0.29, 0.717) is 47.7 Å². The second-order valence-corrected chi connectivity index (χ2v) is 8.56. The van der Waals surface area contributed by atoms with E-state index in [1.165, 1.54) is 6.07 Å². The number of aromatic amines is 1. The normalized spacial score (nSPS) is 17.5. The van der Waals surface area contributed by atoms with E-state index < -0.39 is 11.5 Å². The molecule has 0 fully saturated rings. The van der Waals surface area contributed by atoms with Gasteiger partial charge in [0.05, 0.1) is 30.4 Å². The number of nitrogens with two attached hydrogens (primary N) is 1. The predicted molar refractivity (Wildman–Crippen MR) is 134 cm³/mol.